The molecule has 4 nitrogen and oxygen atoms in total. The van der Waals surface area contributed by atoms with Crippen LogP contribution in [0, 0.1) is 5.92 Å². The van der Waals surface area contributed by atoms with Crippen LogP contribution in [-0.2, 0) is 9.59 Å². The number of alkyl halides is 3. The fourth-order valence-corrected chi connectivity index (χ4v) is 2.85. The number of hydrogen-bond donors (Lipinski definition) is 1. The van der Waals surface area contributed by atoms with Crippen molar-refractivity contribution in [3.63, 3.8) is 0 Å². The zero-order valence-electron chi connectivity index (χ0n) is 10.3. The van der Waals surface area contributed by atoms with Gasteiger partial charge in [-0.2, -0.15) is 24.9 Å². The molecule has 1 heterocycles. The first-order chi connectivity index (χ1) is 8.82. The average molecular weight is 299 g/mol. The van der Waals surface area contributed by atoms with Crippen LogP contribution < -0.4 is 0 Å². The first-order valence-electron chi connectivity index (χ1n) is 5.97. The predicted octanol–water partition coefficient (Wildman–Crippen LogP) is 2.00. The molecule has 1 rings (SSSR count). The molecule has 8 heteroatoms. The Morgan fingerprint density at radius 1 is 1.21 bits per heavy atom. The van der Waals surface area contributed by atoms with E-state index in [-0.39, 0.29) is 11.7 Å². The number of piperidine rings is 1. The molecule has 1 atom stereocenters. The molecule has 110 valence electrons. The van der Waals surface area contributed by atoms with Crippen molar-refractivity contribution in [2.45, 2.75) is 25.4 Å². The van der Waals surface area contributed by atoms with Gasteiger partial charge in [0, 0.05) is 18.8 Å². The second-order valence-corrected chi connectivity index (χ2v) is 5.42. The number of nitrogens with zero attached hydrogens (tertiary/aromatic N) is 1. The Bertz CT molecular complexity index is 330. The summed E-state index contributed by atoms with van der Waals surface area (Å²) in [5.41, 5.74) is 0. The molecule has 0 aromatic rings. The number of likely N-dealkylation sites (tertiary alicyclic amines) is 1. The van der Waals surface area contributed by atoms with Crippen molar-refractivity contribution < 1.29 is 27.9 Å². The van der Waals surface area contributed by atoms with Crippen molar-refractivity contribution in [1.82, 2.24) is 4.90 Å². The van der Waals surface area contributed by atoms with E-state index < -0.39 is 23.8 Å². The number of aliphatic carboxylic acids is 1. The van der Waals surface area contributed by atoms with E-state index >= 15 is 0 Å². The van der Waals surface area contributed by atoms with Crippen molar-refractivity contribution in [1.29, 1.82) is 0 Å². The van der Waals surface area contributed by atoms with Crippen molar-refractivity contribution in [3.8, 4) is 0 Å². The van der Waals surface area contributed by atoms with Crippen LogP contribution in [0.4, 0.5) is 13.2 Å². The fourth-order valence-electron chi connectivity index (χ4n) is 1.80. The molecule has 1 amide bonds. The van der Waals surface area contributed by atoms with Crippen molar-refractivity contribution >= 4 is 23.6 Å². The van der Waals surface area contributed by atoms with Crippen LogP contribution in [-0.4, -0.2) is 52.7 Å². The lowest BCUT2D eigenvalue weighted by atomic mass is 10.1. The first-order valence-corrected chi connectivity index (χ1v) is 7.13. The van der Waals surface area contributed by atoms with Gasteiger partial charge in [-0.1, -0.05) is 0 Å². The van der Waals surface area contributed by atoms with E-state index in [0.29, 0.717) is 13.1 Å². The number of carbonyl (C=O) groups is 2. The minimum absolute atomic E-state index is 0.0974. The van der Waals surface area contributed by atoms with Gasteiger partial charge in [0.1, 0.15) is 0 Å². The topological polar surface area (TPSA) is 57.6 Å². The summed E-state index contributed by atoms with van der Waals surface area (Å²) in [5, 5.41) is 8.49. The lowest BCUT2D eigenvalue weighted by molar-refractivity contribution is -0.188. The molecule has 0 aromatic heterocycles. The van der Waals surface area contributed by atoms with Crippen molar-refractivity contribution in [3.05, 3.63) is 0 Å². The summed E-state index contributed by atoms with van der Waals surface area (Å²) in [7, 11) is 0. The second kappa shape index (κ2) is 7.02. The van der Waals surface area contributed by atoms with Gasteiger partial charge in [-0.15, -0.1) is 0 Å². The van der Waals surface area contributed by atoms with E-state index in [9.17, 15) is 22.8 Å². The van der Waals surface area contributed by atoms with Gasteiger partial charge in [0.2, 0.25) is 5.91 Å². The third-order valence-electron chi connectivity index (χ3n) is 2.91. The van der Waals surface area contributed by atoms with Gasteiger partial charge in [-0.05, 0) is 19.3 Å². The number of thioether (sulfide) groups is 1. The number of carbonyl (C=O) groups excluding carboxylic acids is 1. The summed E-state index contributed by atoms with van der Waals surface area (Å²) in [6, 6.07) is 0. The summed E-state index contributed by atoms with van der Waals surface area (Å²) in [4.78, 5) is 23.8. The predicted molar refractivity (Wildman–Crippen MR) is 64.9 cm³/mol. The minimum Gasteiger partial charge on any atom is -0.481 e. The smallest absolute Gasteiger partial charge is 0.403 e. The molecule has 0 spiro atoms. The molecule has 0 aliphatic carbocycles. The van der Waals surface area contributed by atoms with Crippen LogP contribution in [0.15, 0.2) is 0 Å². The van der Waals surface area contributed by atoms with E-state index in [4.69, 9.17) is 5.11 Å². The van der Waals surface area contributed by atoms with Gasteiger partial charge in [0.25, 0.3) is 0 Å². The number of rotatable bonds is 5. The number of carboxylic acid groups (broad SMARTS) is 1. The maximum Gasteiger partial charge on any atom is 0.403 e. The highest BCUT2D eigenvalue weighted by molar-refractivity contribution is 7.99. The normalized spacial score (nSPS) is 18.2. The maximum atomic E-state index is 12.4. The molecule has 0 bridgehead atoms. The van der Waals surface area contributed by atoms with Crippen molar-refractivity contribution in [2.24, 2.45) is 5.92 Å². The van der Waals surface area contributed by atoms with Crippen LogP contribution in [0.1, 0.15) is 19.3 Å². The molecule has 0 aromatic carbocycles. The van der Waals surface area contributed by atoms with Gasteiger partial charge < -0.3 is 10.0 Å². The standard InChI is InChI=1S/C11H16F3NO3S/c12-11(13,14)8(10(17)18)6-19-7-9(16)15-4-2-1-3-5-15/h8H,1-7H2,(H,17,18). The molecule has 19 heavy (non-hydrogen) atoms. The Hall–Kier alpha value is -0.920. The van der Waals surface area contributed by atoms with Gasteiger partial charge >= 0.3 is 12.1 Å². The highest BCUT2D eigenvalue weighted by Crippen LogP contribution is 2.29. The molecule has 0 radical (unpaired) electrons. The van der Waals surface area contributed by atoms with Crippen molar-refractivity contribution in [2.75, 3.05) is 24.6 Å². The summed E-state index contributed by atoms with van der Waals surface area (Å²) >= 11 is 0.726. The quantitative estimate of drug-likeness (QED) is 0.843. The van der Waals surface area contributed by atoms with E-state index in [1.165, 1.54) is 0 Å². The molecule has 1 saturated heterocycles. The lowest BCUT2D eigenvalue weighted by Gasteiger charge is -2.26. The molecular formula is C11H16F3NO3S. The zero-order valence-corrected chi connectivity index (χ0v) is 11.1. The summed E-state index contributed by atoms with van der Waals surface area (Å²) < 4.78 is 37.1. The van der Waals surface area contributed by atoms with E-state index in [0.717, 1.165) is 31.0 Å². The Labute approximate surface area is 113 Å². The molecule has 0 saturated carbocycles. The van der Waals surface area contributed by atoms with Crippen LogP contribution in [0.5, 0.6) is 0 Å². The largest absolute Gasteiger partial charge is 0.481 e. The molecule has 1 aliphatic heterocycles. The average Bonchev–Trinajstić information content (AvgIpc) is 2.33. The van der Waals surface area contributed by atoms with Crippen LogP contribution in [0.2, 0.25) is 0 Å². The van der Waals surface area contributed by atoms with Gasteiger partial charge in [-0.3, -0.25) is 9.59 Å². The second-order valence-electron chi connectivity index (χ2n) is 4.39. The Morgan fingerprint density at radius 3 is 2.26 bits per heavy atom. The van der Waals surface area contributed by atoms with Crippen LogP contribution in [0.3, 0.4) is 0 Å². The highest BCUT2D eigenvalue weighted by Gasteiger charge is 2.44. The van der Waals surface area contributed by atoms with Gasteiger partial charge in [-0.25, -0.2) is 0 Å². The van der Waals surface area contributed by atoms with Crippen LogP contribution in [0.25, 0.3) is 0 Å². The summed E-state index contributed by atoms with van der Waals surface area (Å²) in [6.45, 7) is 1.28. The third-order valence-corrected chi connectivity index (χ3v) is 3.93. The fraction of sp³-hybridized carbons (Fsp3) is 0.818. The number of carboxylic acids is 1. The van der Waals surface area contributed by atoms with E-state index in [1.807, 2.05) is 0 Å². The monoisotopic (exact) mass is 299 g/mol. The Morgan fingerprint density at radius 2 is 1.79 bits per heavy atom. The Kier molecular flexibility index (Phi) is 5.96. The molecule has 1 unspecified atom stereocenters. The third kappa shape index (κ3) is 5.30. The van der Waals surface area contributed by atoms with Crippen LogP contribution >= 0.6 is 11.8 Å². The van der Waals surface area contributed by atoms with E-state index in [2.05, 4.69) is 0 Å². The highest BCUT2D eigenvalue weighted by atomic mass is 32.2. The molecule has 1 fully saturated rings. The first kappa shape index (κ1) is 16.1. The molecule has 1 aliphatic rings. The summed E-state index contributed by atoms with van der Waals surface area (Å²) in [5.74, 6) is -5.24. The van der Waals surface area contributed by atoms with Gasteiger partial charge in [0.05, 0.1) is 5.75 Å². The minimum atomic E-state index is -4.77. The van der Waals surface area contributed by atoms with Gasteiger partial charge in [0.15, 0.2) is 5.92 Å². The Balaban J connectivity index is 2.35. The SMILES string of the molecule is O=C(O)C(CSCC(=O)N1CCCCC1)C(F)(F)F. The number of hydrogen-bond acceptors (Lipinski definition) is 3. The number of amides is 1. The summed E-state index contributed by atoms with van der Waals surface area (Å²) in [6.07, 6.45) is -1.88. The molecular weight excluding hydrogens is 283 g/mol. The maximum absolute atomic E-state index is 12.4. The zero-order chi connectivity index (χ0) is 14.5. The van der Waals surface area contributed by atoms with E-state index in [1.54, 1.807) is 4.90 Å². The molecule has 1 N–H and O–H groups in total. The number of halogens is 3. The lowest BCUT2D eigenvalue weighted by Crippen LogP contribution is -2.37.